The van der Waals surface area contributed by atoms with Gasteiger partial charge in [-0.25, -0.2) is 0 Å². The molecule has 0 saturated carbocycles. The van der Waals surface area contributed by atoms with Gasteiger partial charge in [0.15, 0.2) is 0 Å². The van der Waals surface area contributed by atoms with Crippen molar-refractivity contribution >= 4 is 0 Å². The molecule has 1 fully saturated rings. The molecule has 0 unspecified atom stereocenters. The van der Waals surface area contributed by atoms with Crippen LogP contribution in [0.5, 0.6) is 0 Å². The molecule has 0 bridgehead atoms. The molecule has 0 aromatic heterocycles. The SMILES string of the molecule is CCCCCCC/C=C\CN1CCCC1. The Balaban J connectivity index is 1.84. The number of hydrogen-bond acceptors (Lipinski definition) is 1. The van der Waals surface area contributed by atoms with Crippen molar-refractivity contribution in [2.24, 2.45) is 0 Å². The first-order chi connectivity index (χ1) is 7.43. The van der Waals surface area contributed by atoms with Gasteiger partial charge in [-0.05, 0) is 38.8 Å². The molecule has 1 heteroatoms. The lowest BCUT2D eigenvalue weighted by Crippen LogP contribution is -2.18. The predicted octanol–water partition coefficient (Wildman–Crippen LogP) is 4.00. The normalized spacial score (nSPS) is 17.9. The summed E-state index contributed by atoms with van der Waals surface area (Å²) in [5.41, 5.74) is 0. The van der Waals surface area contributed by atoms with Crippen LogP contribution in [0.1, 0.15) is 58.3 Å². The molecule has 0 aliphatic carbocycles. The molecule has 0 amide bonds. The van der Waals surface area contributed by atoms with Crippen molar-refractivity contribution in [3.63, 3.8) is 0 Å². The highest BCUT2D eigenvalue weighted by Crippen LogP contribution is 2.08. The van der Waals surface area contributed by atoms with E-state index >= 15 is 0 Å². The average molecular weight is 209 g/mol. The number of nitrogens with zero attached hydrogens (tertiary/aromatic N) is 1. The Morgan fingerprint density at radius 1 is 0.933 bits per heavy atom. The van der Waals surface area contributed by atoms with Crippen molar-refractivity contribution in [2.45, 2.75) is 58.3 Å². The minimum Gasteiger partial charge on any atom is -0.300 e. The van der Waals surface area contributed by atoms with Crippen LogP contribution < -0.4 is 0 Å². The fourth-order valence-electron chi connectivity index (χ4n) is 2.17. The average Bonchev–Trinajstić information content (AvgIpc) is 2.75. The third kappa shape index (κ3) is 6.72. The quantitative estimate of drug-likeness (QED) is 0.431. The maximum atomic E-state index is 2.55. The summed E-state index contributed by atoms with van der Waals surface area (Å²) in [6, 6.07) is 0. The molecule has 1 aliphatic rings. The fourth-order valence-corrected chi connectivity index (χ4v) is 2.17. The van der Waals surface area contributed by atoms with E-state index in [2.05, 4.69) is 24.0 Å². The Morgan fingerprint density at radius 3 is 2.40 bits per heavy atom. The van der Waals surface area contributed by atoms with E-state index in [1.165, 1.54) is 71.0 Å². The summed E-state index contributed by atoms with van der Waals surface area (Å²) in [6.07, 6.45) is 15.8. The number of unbranched alkanes of at least 4 members (excludes halogenated alkanes) is 5. The van der Waals surface area contributed by atoms with Crippen LogP contribution in [0.25, 0.3) is 0 Å². The zero-order valence-corrected chi connectivity index (χ0v) is 10.4. The Labute approximate surface area is 95.5 Å². The summed E-state index contributed by atoms with van der Waals surface area (Å²) in [5, 5.41) is 0. The molecule has 0 aromatic rings. The highest BCUT2D eigenvalue weighted by Gasteiger charge is 2.08. The number of likely N-dealkylation sites (tertiary alicyclic amines) is 1. The molecule has 0 spiro atoms. The van der Waals surface area contributed by atoms with E-state index in [0.29, 0.717) is 0 Å². The molecule has 0 radical (unpaired) electrons. The van der Waals surface area contributed by atoms with Crippen LogP contribution in [-0.4, -0.2) is 24.5 Å². The number of hydrogen-bond donors (Lipinski definition) is 0. The van der Waals surface area contributed by atoms with Gasteiger partial charge in [-0.2, -0.15) is 0 Å². The van der Waals surface area contributed by atoms with Gasteiger partial charge in [-0.15, -0.1) is 0 Å². The molecule has 88 valence electrons. The molecule has 0 aromatic carbocycles. The Hall–Kier alpha value is -0.300. The zero-order chi connectivity index (χ0) is 10.8. The lowest BCUT2D eigenvalue weighted by atomic mass is 10.1. The second-order valence-electron chi connectivity index (χ2n) is 4.68. The van der Waals surface area contributed by atoms with Crippen LogP contribution in [0.4, 0.5) is 0 Å². The van der Waals surface area contributed by atoms with Gasteiger partial charge in [0, 0.05) is 6.54 Å². The van der Waals surface area contributed by atoms with Crippen molar-refractivity contribution in [2.75, 3.05) is 19.6 Å². The van der Waals surface area contributed by atoms with Crippen molar-refractivity contribution in [1.29, 1.82) is 0 Å². The van der Waals surface area contributed by atoms with Crippen molar-refractivity contribution in [3.8, 4) is 0 Å². The predicted molar refractivity (Wildman–Crippen MR) is 68.2 cm³/mol. The summed E-state index contributed by atoms with van der Waals surface area (Å²) < 4.78 is 0. The van der Waals surface area contributed by atoms with Gasteiger partial charge in [-0.3, -0.25) is 4.90 Å². The van der Waals surface area contributed by atoms with E-state index in [1.807, 2.05) is 0 Å². The van der Waals surface area contributed by atoms with Crippen molar-refractivity contribution in [1.82, 2.24) is 4.90 Å². The van der Waals surface area contributed by atoms with Crippen LogP contribution in [0.15, 0.2) is 12.2 Å². The number of allylic oxidation sites excluding steroid dienone is 1. The first-order valence-electron chi connectivity index (χ1n) is 6.81. The van der Waals surface area contributed by atoms with Gasteiger partial charge in [0.05, 0.1) is 0 Å². The molecule has 1 nitrogen and oxygen atoms in total. The molecule has 1 heterocycles. The first kappa shape index (κ1) is 12.8. The van der Waals surface area contributed by atoms with Crippen LogP contribution in [0, 0.1) is 0 Å². The summed E-state index contributed by atoms with van der Waals surface area (Å²) >= 11 is 0. The van der Waals surface area contributed by atoms with Gasteiger partial charge in [-0.1, -0.05) is 44.8 Å². The maximum absolute atomic E-state index is 2.55. The highest BCUT2D eigenvalue weighted by molar-refractivity contribution is 4.86. The summed E-state index contributed by atoms with van der Waals surface area (Å²) in [4.78, 5) is 2.55. The minimum absolute atomic E-state index is 1.19. The third-order valence-corrected chi connectivity index (χ3v) is 3.20. The Kier molecular flexibility index (Phi) is 7.63. The lowest BCUT2D eigenvalue weighted by molar-refractivity contribution is 0.377. The topological polar surface area (TPSA) is 3.24 Å². The Morgan fingerprint density at radius 2 is 1.67 bits per heavy atom. The minimum atomic E-state index is 1.19. The van der Waals surface area contributed by atoms with E-state index in [-0.39, 0.29) is 0 Å². The van der Waals surface area contributed by atoms with E-state index < -0.39 is 0 Å². The van der Waals surface area contributed by atoms with Crippen LogP contribution in [-0.2, 0) is 0 Å². The van der Waals surface area contributed by atoms with Gasteiger partial charge in [0.2, 0.25) is 0 Å². The van der Waals surface area contributed by atoms with Gasteiger partial charge < -0.3 is 0 Å². The van der Waals surface area contributed by atoms with Gasteiger partial charge in [0.25, 0.3) is 0 Å². The fraction of sp³-hybridized carbons (Fsp3) is 0.857. The lowest BCUT2D eigenvalue weighted by Gasteiger charge is -2.10. The van der Waals surface area contributed by atoms with E-state index in [4.69, 9.17) is 0 Å². The van der Waals surface area contributed by atoms with E-state index in [9.17, 15) is 0 Å². The molecule has 1 saturated heterocycles. The van der Waals surface area contributed by atoms with Gasteiger partial charge in [0.1, 0.15) is 0 Å². The molecular weight excluding hydrogens is 182 g/mol. The molecule has 1 aliphatic heterocycles. The molecule has 0 N–H and O–H groups in total. The molecule has 0 atom stereocenters. The summed E-state index contributed by atoms with van der Waals surface area (Å²) in [5.74, 6) is 0. The van der Waals surface area contributed by atoms with Crippen molar-refractivity contribution in [3.05, 3.63) is 12.2 Å². The smallest absolute Gasteiger partial charge is 0.0163 e. The van der Waals surface area contributed by atoms with Crippen LogP contribution in [0.3, 0.4) is 0 Å². The first-order valence-corrected chi connectivity index (χ1v) is 6.81. The van der Waals surface area contributed by atoms with Crippen LogP contribution in [0.2, 0.25) is 0 Å². The molecule has 15 heavy (non-hydrogen) atoms. The van der Waals surface area contributed by atoms with E-state index in [0.717, 1.165) is 0 Å². The third-order valence-electron chi connectivity index (χ3n) is 3.20. The van der Waals surface area contributed by atoms with Crippen molar-refractivity contribution < 1.29 is 0 Å². The highest BCUT2D eigenvalue weighted by atomic mass is 15.1. The second-order valence-corrected chi connectivity index (χ2v) is 4.68. The summed E-state index contributed by atoms with van der Waals surface area (Å²) in [6.45, 7) is 6.10. The Bertz CT molecular complexity index is 157. The van der Waals surface area contributed by atoms with Gasteiger partial charge >= 0.3 is 0 Å². The molecule has 1 rings (SSSR count). The maximum Gasteiger partial charge on any atom is 0.0163 e. The van der Waals surface area contributed by atoms with E-state index in [1.54, 1.807) is 0 Å². The largest absolute Gasteiger partial charge is 0.300 e. The summed E-state index contributed by atoms with van der Waals surface area (Å²) in [7, 11) is 0. The van der Waals surface area contributed by atoms with Crippen LogP contribution >= 0.6 is 0 Å². The molecular formula is C14H27N. The monoisotopic (exact) mass is 209 g/mol. The standard InChI is InChI=1S/C14H27N/c1-2-3-4-5-6-7-8-9-12-15-13-10-11-14-15/h8-9H,2-7,10-14H2,1H3/b9-8-. The zero-order valence-electron chi connectivity index (χ0n) is 10.4. The second kappa shape index (κ2) is 8.96. The number of rotatable bonds is 8.